The van der Waals surface area contributed by atoms with Gasteiger partial charge in [-0.2, -0.15) is 10.2 Å². The Labute approximate surface area is 365 Å². The first-order valence-electron chi connectivity index (χ1n) is 20.3. The van der Waals surface area contributed by atoms with Crippen LogP contribution in [0.3, 0.4) is 0 Å². The van der Waals surface area contributed by atoms with Crippen LogP contribution in [0, 0.1) is 0 Å². The molecule has 7 N–H and O–H groups in total. The van der Waals surface area contributed by atoms with Crippen LogP contribution in [0.15, 0.2) is 60.9 Å². The van der Waals surface area contributed by atoms with Crippen LogP contribution in [0.5, 0.6) is 5.75 Å². The summed E-state index contributed by atoms with van der Waals surface area (Å²) in [7, 11) is 10.2. The molecular weight excluding hydrogens is 827 g/mol. The molecule has 6 aromatic heterocycles. The maximum absolute atomic E-state index is 12.9. The number of anilines is 6. The average molecular weight is 874 g/mol. The zero-order valence-electron chi connectivity index (χ0n) is 35.9. The standard InChI is InChI=1S/C24H26N8O4.C17H21N9O2/c1-30(13-14-4-8-16(36-3)9-5-14)18-11-20(27-21-10-17(24(34)35)28-31(21)2)29-32-19(12-25-22(18)32)23(33)26-15-6-7-15;1-18-10-6-13(22-14-7-11(16(27)19-2)23-25(14)3)24-26-12(8-20-15(10)26)17(28)21-9-4-5-9/h4-5,8-12,15H,6-7,13H2,1-3H3,(H,26,33)(H,27,29)(H,34,35);6-9,18H,4-5H2,1-3H3,(H,19,27)(H,21,28)(H,22,24). The van der Waals surface area contributed by atoms with Crippen molar-refractivity contribution in [3.05, 3.63) is 89.3 Å². The van der Waals surface area contributed by atoms with Crippen LogP contribution < -0.4 is 41.5 Å². The number of hydrogen-bond acceptors (Lipinski definition) is 15. The van der Waals surface area contributed by atoms with Gasteiger partial charge in [0.25, 0.3) is 17.7 Å². The summed E-state index contributed by atoms with van der Waals surface area (Å²) in [4.78, 5) is 59.3. The van der Waals surface area contributed by atoms with Crippen molar-refractivity contribution >= 4 is 69.6 Å². The lowest BCUT2D eigenvalue weighted by Crippen LogP contribution is -2.27. The number of carboxylic acid groups (broad SMARTS) is 1. The number of nitrogens with zero attached hydrogens (tertiary/aromatic N) is 11. The highest BCUT2D eigenvalue weighted by molar-refractivity contribution is 5.95. The number of hydrogen-bond donors (Lipinski definition) is 7. The van der Waals surface area contributed by atoms with Gasteiger partial charge in [-0.25, -0.2) is 23.8 Å². The van der Waals surface area contributed by atoms with Gasteiger partial charge in [-0.15, -0.1) is 10.2 Å². The van der Waals surface area contributed by atoms with E-state index in [1.54, 1.807) is 52.1 Å². The number of fused-ring (bicyclic) bond motifs is 2. The van der Waals surface area contributed by atoms with E-state index in [0.717, 1.165) is 42.7 Å². The zero-order chi connectivity index (χ0) is 45.2. The average Bonchev–Trinajstić information content (AvgIpc) is 4.10. The lowest BCUT2D eigenvalue weighted by atomic mass is 10.2. The fourth-order valence-electron chi connectivity index (χ4n) is 6.66. The quantitative estimate of drug-likeness (QED) is 0.0781. The normalized spacial score (nSPS) is 13.2. The maximum Gasteiger partial charge on any atom is 0.356 e. The SMILES string of the molecule is CNC(=O)c1cc(Nc2cc(NC)c3ncc(C(=O)NC4CC4)n3n2)n(C)n1.COc1ccc(CN(C)c2cc(Nc3cc(C(=O)O)nn3C)nn3c(C(=O)NC4CC4)cnc23)cc1. The van der Waals surface area contributed by atoms with E-state index < -0.39 is 5.97 Å². The molecule has 2 fully saturated rings. The van der Waals surface area contributed by atoms with E-state index in [-0.39, 0.29) is 41.2 Å². The number of imidazole rings is 2. The van der Waals surface area contributed by atoms with Gasteiger partial charge in [-0.05, 0) is 43.4 Å². The predicted molar refractivity (Wildman–Crippen MR) is 235 cm³/mol. The van der Waals surface area contributed by atoms with Crippen LogP contribution in [-0.4, -0.2) is 118 Å². The van der Waals surface area contributed by atoms with Crippen molar-refractivity contribution in [3.63, 3.8) is 0 Å². The van der Waals surface area contributed by atoms with Crippen LogP contribution in [-0.2, 0) is 20.6 Å². The van der Waals surface area contributed by atoms with Crippen LogP contribution in [0.25, 0.3) is 11.3 Å². The minimum absolute atomic E-state index is 0.0925. The smallest absolute Gasteiger partial charge is 0.356 e. The highest BCUT2D eigenvalue weighted by Gasteiger charge is 2.28. The maximum atomic E-state index is 12.9. The second-order valence-electron chi connectivity index (χ2n) is 15.3. The third-order valence-corrected chi connectivity index (χ3v) is 10.4. The number of aromatic carboxylic acids is 1. The number of carbonyl (C=O) groups is 4. The number of methoxy groups -OCH3 is 1. The number of carbonyl (C=O) groups excluding carboxylic acids is 3. The molecule has 0 bridgehead atoms. The fraction of sp³-hybridized carbons (Fsp3) is 0.317. The molecule has 0 spiro atoms. The number of rotatable bonds is 15. The third kappa shape index (κ3) is 9.17. The van der Waals surface area contributed by atoms with Gasteiger partial charge in [0.05, 0.1) is 30.9 Å². The Morgan fingerprint density at radius 1 is 0.734 bits per heavy atom. The lowest BCUT2D eigenvalue weighted by molar-refractivity contribution is 0.0688. The summed E-state index contributed by atoms with van der Waals surface area (Å²) >= 11 is 0. The Balaban J connectivity index is 0.000000181. The second-order valence-corrected chi connectivity index (χ2v) is 15.3. The zero-order valence-corrected chi connectivity index (χ0v) is 35.9. The number of benzene rings is 1. The Morgan fingerprint density at radius 3 is 1.78 bits per heavy atom. The first kappa shape index (κ1) is 42.5. The summed E-state index contributed by atoms with van der Waals surface area (Å²) in [5.41, 5.74) is 4.43. The van der Waals surface area contributed by atoms with Crippen LogP contribution >= 0.6 is 0 Å². The van der Waals surface area contributed by atoms with E-state index in [2.05, 4.69) is 62.3 Å². The first-order valence-corrected chi connectivity index (χ1v) is 20.3. The molecule has 9 rings (SSSR count). The molecule has 23 heteroatoms. The minimum atomic E-state index is -1.13. The van der Waals surface area contributed by atoms with E-state index in [0.29, 0.717) is 58.2 Å². The van der Waals surface area contributed by atoms with Gasteiger partial charge in [0.1, 0.15) is 17.4 Å². The fourth-order valence-corrected chi connectivity index (χ4v) is 6.66. The minimum Gasteiger partial charge on any atom is -0.497 e. The molecule has 0 radical (unpaired) electrons. The van der Waals surface area contributed by atoms with Crippen molar-refractivity contribution in [2.45, 2.75) is 44.3 Å². The van der Waals surface area contributed by atoms with E-state index in [9.17, 15) is 24.3 Å². The highest BCUT2D eigenvalue weighted by Crippen LogP contribution is 2.29. The summed E-state index contributed by atoms with van der Waals surface area (Å²) in [6, 6.07) is 14.8. The van der Waals surface area contributed by atoms with Crippen molar-refractivity contribution in [2.75, 3.05) is 49.1 Å². The van der Waals surface area contributed by atoms with Crippen molar-refractivity contribution in [3.8, 4) is 5.75 Å². The van der Waals surface area contributed by atoms with Crippen LogP contribution in [0.2, 0.25) is 0 Å². The topological polar surface area (TPSA) is 269 Å². The van der Waals surface area contributed by atoms with Crippen molar-refractivity contribution in [1.29, 1.82) is 0 Å². The molecule has 0 atom stereocenters. The first-order chi connectivity index (χ1) is 30.8. The van der Waals surface area contributed by atoms with Crippen molar-refractivity contribution in [2.24, 2.45) is 14.1 Å². The van der Waals surface area contributed by atoms with Crippen molar-refractivity contribution < 1.29 is 29.0 Å². The molecule has 3 amide bonds. The Morgan fingerprint density at radius 2 is 1.27 bits per heavy atom. The molecule has 0 unspecified atom stereocenters. The number of carboxylic acids is 1. The summed E-state index contributed by atoms with van der Waals surface area (Å²) < 4.78 is 11.2. The number of aromatic nitrogens is 10. The molecule has 64 heavy (non-hydrogen) atoms. The van der Waals surface area contributed by atoms with E-state index >= 15 is 0 Å². The van der Waals surface area contributed by atoms with Gasteiger partial charge >= 0.3 is 5.97 Å². The molecule has 7 aromatic rings. The van der Waals surface area contributed by atoms with Gasteiger partial charge in [0.2, 0.25) is 0 Å². The lowest BCUT2D eigenvalue weighted by Gasteiger charge is -2.21. The summed E-state index contributed by atoms with van der Waals surface area (Å²) in [5, 5.41) is 44.3. The van der Waals surface area contributed by atoms with E-state index in [4.69, 9.17) is 4.74 Å². The number of nitrogens with one attached hydrogen (secondary N) is 6. The number of aryl methyl sites for hydroxylation is 2. The van der Waals surface area contributed by atoms with Crippen LogP contribution in [0.4, 0.5) is 34.6 Å². The third-order valence-electron chi connectivity index (χ3n) is 10.4. The van der Waals surface area contributed by atoms with Gasteiger partial charge < -0.3 is 46.6 Å². The number of ether oxygens (including phenoxy) is 1. The van der Waals surface area contributed by atoms with Gasteiger partial charge in [0, 0.05) is 78.1 Å². The molecule has 332 valence electrons. The van der Waals surface area contributed by atoms with Gasteiger partial charge in [-0.3, -0.25) is 23.7 Å². The highest BCUT2D eigenvalue weighted by atomic mass is 16.5. The summed E-state index contributed by atoms with van der Waals surface area (Å²) in [6.45, 7) is 0.564. The molecule has 0 saturated heterocycles. The number of amides is 3. The van der Waals surface area contributed by atoms with Gasteiger partial charge in [0.15, 0.2) is 45.7 Å². The van der Waals surface area contributed by atoms with E-state index in [1.165, 1.54) is 32.2 Å². The molecule has 2 saturated carbocycles. The monoisotopic (exact) mass is 873 g/mol. The molecule has 23 nitrogen and oxygen atoms in total. The molecule has 0 aliphatic heterocycles. The summed E-state index contributed by atoms with van der Waals surface area (Å²) in [5.74, 6) is 0.808. The van der Waals surface area contributed by atoms with E-state index in [1.807, 2.05) is 42.3 Å². The Kier molecular flexibility index (Phi) is 11.7. The molecule has 6 heterocycles. The molecule has 2 aliphatic rings. The van der Waals surface area contributed by atoms with Crippen LogP contribution in [0.1, 0.15) is 73.2 Å². The summed E-state index contributed by atoms with van der Waals surface area (Å²) in [6.07, 6.45) is 6.95. The largest absolute Gasteiger partial charge is 0.497 e. The Hall–Kier alpha value is -8.24. The van der Waals surface area contributed by atoms with Gasteiger partial charge in [-0.1, -0.05) is 12.1 Å². The Bertz CT molecular complexity index is 2890. The molecule has 1 aromatic carbocycles. The predicted octanol–water partition coefficient (Wildman–Crippen LogP) is 2.94. The molecular formula is C41H47N17O6. The molecule has 2 aliphatic carbocycles. The van der Waals surface area contributed by atoms with Crippen molar-refractivity contribution in [1.82, 2.24) is 64.7 Å². The second kappa shape index (κ2) is 17.6.